The molecular formula is C14H27NO3. The molecule has 0 spiro atoms. The van der Waals surface area contributed by atoms with E-state index < -0.39 is 0 Å². The van der Waals surface area contributed by atoms with Crippen LogP contribution < -0.4 is 5.32 Å². The maximum absolute atomic E-state index is 11.5. The topological polar surface area (TPSA) is 58.6 Å². The van der Waals surface area contributed by atoms with E-state index in [9.17, 15) is 4.79 Å². The van der Waals surface area contributed by atoms with Crippen LogP contribution >= 0.6 is 0 Å². The van der Waals surface area contributed by atoms with Crippen molar-refractivity contribution in [1.82, 2.24) is 5.32 Å². The van der Waals surface area contributed by atoms with Gasteiger partial charge in [0.2, 0.25) is 5.91 Å². The zero-order chi connectivity index (χ0) is 13.4. The van der Waals surface area contributed by atoms with Crippen LogP contribution in [0.25, 0.3) is 0 Å². The lowest BCUT2D eigenvalue weighted by atomic mass is 9.88. The molecule has 1 saturated carbocycles. The van der Waals surface area contributed by atoms with Gasteiger partial charge in [0, 0.05) is 13.2 Å². The Morgan fingerprint density at radius 3 is 2.56 bits per heavy atom. The molecule has 1 aliphatic rings. The number of nitrogens with one attached hydrogen (secondary N) is 1. The van der Waals surface area contributed by atoms with Crippen LogP contribution in [0.4, 0.5) is 0 Å². The summed E-state index contributed by atoms with van der Waals surface area (Å²) in [5, 5.41) is 11.9. The summed E-state index contributed by atoms with van der Waals surface area (Å²) in [7, 11) is 0. The summed E-state index contributed by atoms with van der Waals surface area (Å²) in [6, 6.07) is 0. The summed E-state index contributed by atoms with van der Waals surface area (Å²) in [6.45, 7) is 5.47. The number of aliphatic hydroxyl groups is 1. The van der Waals surface area contributed by atoms with Crippen molar-refractivity contribution < 1.29 is 14.6 Å². The van der Waals surface area contributed by atoms with Crippen LogP contribution in [-0.2, 0) is 9.53 Å². The predicted octanol–water partition coefficient (Wildman–Crippen LogP) is 1.72. The number of rotatable bonds is 7. The second kappa shape index (κ2) is 8.48. The number of hydrogen-bond donors (Lipinski definition) is 2. The highest BCUT2D eigenvalue weighted by Crippen LogP contribution is 2.25. The van der Waals surface area contributed by atoms with Crippen molar-refractivity contribution in [3.05, 3.63) is 0 Å². The fraction of sp³-hybridized carbons (Fsp3) is 0.929. The average molecular weight is 257 g/mol. The van der Waals surface area contributed by atoms with Crippen LogP contribution in [0.3, 0.4) is 0 Å². The van der Waals surface area contributed by atoms with Crippen LogP contribution in [0.15, 0.2) is 0 Å². The number of carbonyl (C=O) groups excluding carboxylic acids is 1. The van der Waals surface area contributed by atoms with Crippen molar-refractivity contribution in [2.45, 2.75) is 52.1 Å². The van der Waals surface area contributed by atoms with Gasteiger partial charge in [-0.15, -0.1) is 0 Å². The zero-order valence-corrected chi connectivity index (χ0v) is 11.7. The number of amides is 1. The summed E-state index contributed by atoms with van der Waals surface area (Å²) in [6.07, 6.45) is 5.15. The van der Waals surface area contributed by atoms with Gasteiger partial charge in [-0.1, -0.05) is 13.8 Å². The molecule has 0 unspecified atom stereocenters. The van der Waals surface area contributed by atoms with Gasteiger partial charge in [0.15, 0.2) is 0 Å². The lowest BCUT2D eigenvalue weighted by Crippen LogP contribution is -2.32. The minimum atomic E-state index is -0.0140. The van der Waals surface area contributed by atoms with Crippen molar-refractivity contribution in [2.75, 3.05) is 19.8 Å². The Morgan fingerprint density at radius 2 is 2.00 bits per heavy atom. The van der Waals surface area contributed by atoms with Crippen LogP contribution in [-0.4, -0.2) is 36.9 Å². The molecule has 0 aromatic rings. The van der Waals surface area contributed by atoms with Crippen molar-refractivity contribution in [3.63, 3.8) is 0 Å². The Hall–Kier alpha value is -0.610. The van der Waals surface area contributed by atoms with E-state index in [2.05, 4.69) is 19.2 Å². The molecule has 0 radical (unpaired) electrons. The molecule has 0 saturated heterocycles. The van der Waals surface area contributed by atoms with Crippen molar-refractivity contribution in [3.8, 4) is 0 Å². The van der Waals surface area contributed by atoms with E-state index in [0.29, 0.717) is 11.8 Å². The first-order valence-corrected chi connectivity index (χ1v) is 7.11. The fourth-order valence-corrected chi connectivity index (χ4v) is 2.23. The third-order valence-electron chi connectivity index (χ3n) is 3.55. The lowest BCUT2D eigenvalue weighted by molar-refractivity contribution is -0.128. The quantitative estimate of drug-likeness (QED) is 0.730. The highest BCUT2D eigenvalue weighted by atomic mass is 16.5. The Labute approximate surface area is 110 Å². The third kappa shape index (κ3) is 6.36. The molecule has 0 aliphatic heterocycles. The summed E-state index contributed by atoms with van der Waals surface area (Å²) in [4.78, 5) is 11.5. The second-order valence-corrected chi connectivity index (χ2v) is 5.67. The summed E-state index contributed by atoms with van der Waals surface area (Å²) in [5.74, 6) is 1.03. The van der Waals surface area contributed by atoms with Crippen LogP contribution in [0.2, 0.25) is 0 Å². The van der Waals surface area contributed by atoms with Crippen molar-refractivity contribution >= 4 is 5.91 Å². The molecule has 0 bridgehead atoms. The lowest BCUT2D eigenvalue weighted by Gasteiger charge is -2.27. The molecule has 1 rings (SSSR count). The van der Waals surface area contributed by atoms with Crippen LogP contribution in [0.5, 0.6) is 0 Å². The highest BCUT2D eigenvalue weighted by molar-refractivity contribution is 5.77. The smallest absolute Gasteiger partial charge is 0.246 e. The van der Waals surface area contributed by atoms with Gasteiger partial charge in [0.1, 0.15) is 6.61 Å². The second-order valence-electron chi connectivity index (χ2n) is 5.67. The van der Waals surface area contributed by atoms with E-state index in [1.54, 1.807) is 0 Å². The number of ether oxygens (including phenoxy) is 1. The van der Waals surface area contributed by atoms with Gasteiger partial charge in [-0.2, -0.15) is 0 Å². The predicted molar refractivity (Wildman–Crippen MR) is 71.2 cm³/mol. The first kappa shape index (κ1) is 15.4. The Balaban J connectivity index is 2.04. The first-order chi connectivity index (χ1) is 8.61. The van der Waals surface area contributed by atoms with Gasteiger partial charge in [0.05, 0.1) is 6.10 Å². The van der Waals surface area contributed by atoms with Crippen molar-refractivity contribution in [1.29, 1.82) is 0 Å². The molecule has 106 valence electrons. The number of hydrogen-bond acceptors (Lipinski definition) is 3. The van der Waals surface area contributed by atoms with E-state index in [1.807, 2.05) is 0 Å². The van der Waals surface area contributed by atoms with Gasteiger partial charge >= 0.3 is 0 Å². The van der Waals surface area contributed by atoms with Gasteiger partial charge in [-0.05, 0) is 43.9 Å². The zero-order valence-electron chi connectivity index (χ0n) is 11.7. The molecule has 4 nitrogen and oxygen atoms in total. The number of aliphatic hydroxyl groups excluding tert-OH is 1. The van der Waals surface area contributed by atoms with Gasteiger partial charge in [-0.25, -0.2) is 0 Å². The highest BCUT2D eigenvalue weighted by Gasteiger charge is 2.21. The van der Waals surface area contributed by atoms with Gasteiger partial charge < -0.3 is 15.2 Å². The molecule has 0 heterocycles. The molecule has 0 atom stereocenters. The first-order valence-electron chi connectivity index (χ1n) is 7.11. The molecule has 4 heteroatoms. The SMILES string of the molecule is CC(C)CCNC(=O)COC1CCC(CO)CC1. The largest absolute Gasteiger partial charge is 0.396 e. The Bertz CT molecular complexity index is 235. The van der Waals surface area contributed by atoms with E-state index in [-0.39, 0.29) is 25.2 Å². The maximum Gasteiger partial charge on any atom is 0.246 e. The molecule has 1 fully saturated rings. The van der Waals surface area contributed by atoms with Crippen LogP contribution in [0.1, 0.15) is 46.0 Å². The van der Waals surface area contributed by atoms with E-state index >= 15 is 0 Å². The molecular weight excluding hydrogens is 230 g/mol. The third-order valence-corrected chi connectivity index (χ3v) is 3.55. The number of carbonyl (C=O) groups is 1. The summed E-state index contributed by atoms with van der Waals surface area (Å²) >= 11 is 0. The molecule has 2 N–H and O–H groups in total. The normalized spacial score (nSPS) is 24.2. The minimum absolute atomic E-state index is 0.0140. The molecule has 18 heavy (non-hydrogen) atoms. The maximum atomic E-state index is 11.5. The minimum Gasteiger partial charge on any atom is -0.396 e. The van der Waals surface area contributed by atoms with Gasteiger partial charge in [-0.3, -0.25) is 4.79 Å². The average Bonchev–Trinajstić information content (AvgIpc) is 2.36. The van der Waals surface area contributed by atoms with E-state index in [4.69, 9.17) is 9.84 Å². The van der Waals surface area contributed by atoms with Crippen LogP contribution in [0, 0.1) is 11.8 Å². The monoisotopic (exact) mass is 257 g/mol. The summed E-state index contributed by atoms with van der Waals surface area (Å²) in [5.41, 5.74) is 0. The van der Waals surface area contributed by atoms with E-state index in [1.165, 1.54) is 0 Å². The molecule has 0 aromatic heterocycles. The van der Waals surface area contributed by atoms with Crippen molar-refractivity contribution in [2.24, 2.45) is 11.8 Å². The molecule has 0 aromatic carbocycles. The Kier molecular flexibility index (Phi) is 7.28. The van der Waals surface area contributed by atoms with Gasteiger partial charge in [0.25, 0.3) is 0 Å². The summed E-state index contributed by atoms with van der Waals surface area (Å²) < 4.78 is 5.60. The standard InChI is InChI=1S/C14H27NO3/c1-11(2)7-8-15-14(17)10-18-13-5-3-12(9-16)4-6-13/h11-13,16H,3-10H2,1-2H3,(H,15,17). The van der Waals surface area contributed by atoms with E-state index in [0.717, 1.165) is 38.6 Å². The Morgan fingerprint density at radius 1 is 1.33 bits per heavy atom. The molecule has 1 aliphatic carbocycles. The molecule has 1 amide bonds. The fourth-order valence-electron chi connectivity index (χ4n) is 2.23.